The van der Waals surface area contributed by atoms with E-state index in [-0.39, 0.29) is 18.4 Å². The number of carbonyl (C=O) groups excluding carboxylic acids is 1. The molecule has 0 bridgehead atoms. The Morgan fingerprint density at radius 3 is 2.62 bits per heavy atom. The minimum Gasteiger partial charge on any atom is -0.481 e. The Balaban J connectivity index is 2.72. The van der Waals surface area contributed by atoms with E-state index in [9.17, 15) is 9.59 Å². The van der Waals surface area contributed by atoms with Gasteiger partial charge in [-0.1, -0.05) is 0 Å². The van der Waals surface area contributed by atoms with Crippen LogP contribution in [0, 0.1) is 0 Å². The number of carboxylic acids is 1. The molecule has 0 radical (unpaired) electrons. The molecule has 21 heavy (non-hydrogen) atoms. The van der Waals surface area contributed by atoms with Crippen molar-refractivity contribution < 1.29 is 14.7 Å². The number of hydrogen-bond donors (Lipinski definition) is 2. The van der Waals surface area contributed by atoms with Gasteiger partial charge >= 0.3 is 5.97 Å². The largest absolute Gasteiger partial charge is 0.481 e. The molecular weight excluding hydrogens is 270 g/mol. The molecule has 0 saturated heterocycles. The summed E-state index contributed by atoms with van der Waals surface area (Å²) in [5.74, 6) is -0.905. The highest BCUT2D eigenvalue weighted by molar-refractivity contribution is 5.93. The summed E-state index contributed by atoms with van der Waals surface area (Å²) in [6, 6.07) is 3.49. The molecule has 0 aliphatic rings. The maximum absolute atomic E-state index is 12.2. The first-order valence-corrected chi connectivity index (χ1v) is 7.21. The Morgan fingerprint density at radius 2 is 2.05 bits per heavy atom. The summed E-state index contributed by atoms with van der Waals surface area (Å²) in [6.45, 7) is 7.05. The van der Waals surface area contributed by atoms with E-state index in [4.69, 9.17) is 5.11 Å². The lowest BCUT2D eigenvalue weighted by molar-refractivity contribution is -0.137. The van der Waals surface area contributed by atoms with Gasteiger partial charge in [-0.25, -0.2) is 0 Å². The molecule has 1 aromatic heterocycles. The van der Waals surface area contributed by atoms with E-state index < -0.39 is 5.97 Å². The molecular formula is C15H23N3O3. The Labute approximate surface area is 125 Å². The van der Waals surface area contributed by atoms with Crippen LogP contribution in [0.5, 0.6) is 0 Å². The summed E-state index contributed by atoms with van der Waals surface area (Å²) in [4.78, 5) is 28.6. The molecule has 1 atom stereocenters. The van der Waals surface area contributed by atoms with Gasteiger partial charge in [-0.3, -0.25) is 14.6 Å². The van der Waals surface area contributed by atoms with Crippen LogP contribution in [0.3, 0.4) is 0 Å². The summed E-state index contributed by atoms with van der Waals surface area (Å²) >= 11 is 0. The zero-order valence-corrected chi connectivity index (χ0v) is 12.8. The topological polar surface area (TPSA) is 82.5 Å². The fourth-order valence-electron chi connectivity index (χ4n) is 2.01. The Hall–Kier alpha value is -2.11. The molecule has 0 saturated carbocycles. The highest BCUT2D eigenvalue weighted by atomic mass is 16.4. The van der Waals surface area contributed by atoms with Crippen molar-refractivity contribution in [3.05, 3.63) is 24.0 Å². The van der Waals surface area contributed by atoms with Crippen molar-refractivity contribution >= 4 is 17.6 Å². The molecule has 0 fully saturated rings. The molecule has 1 unspecified atom stereocenters. The van der Waals surface area contributed by atoms with Crippen molar-refractivity contribution in [3.63, 3.8) is 0 Å². The molecule has 0 spiro atoms. The molecule has 116 valence electrons. The molecule has 0 aromatic carbocycles. The minimum absolute atomic E-state index is 0.0138. The third-order valence-corrected chi connectivity index (χ3v) is 3.23. The number of nitrogens with zero attached hydrogens (tertiary/aromatic N) is 2. The molecule has 0 aliphatic heterocycles. The van der Waals surface area contributed by atoms with Crippen molar-refractivity contribution in [1.29, 1.82) is 0 Å². The first-order chi connectivity index (χ1) is 9.97. The van der Waals surface area contributed by atoms with Crippen LogP contribution in [-0.2, 0) is 4.79 Å². The van der Waals surface area contributed by atoms with Gasteiger partial charge in [-0.2, -0.15) is 0 Å². The van der Waals surface area contributed by atoms with Crippen LogP contribution in [-0.4, -0.2) is 46.0 Å². The molecule has 1 amide bonds. The monoisotopic (exact) mass is 293 g/mol. The number of amides is 1. The maximum atomic E-state index is 12.2. The lowest BCUT2D eigenvalue weighted by atomic mass is 10.1. The van der Waals surface area contributed by atoms with E-state index in [2.05, 4.69) is 10.3 Å². The van der Waals surface area contributed by atoms with Gasteiger partial charge in [-0.15, -0.1) is 0 Å². The number of anilines is 1. The van der Waals surface area contributed by atoms with Gasteiger partial charge in [-0.05, 0) is 39.3 Å². The van der Waals surface area contributed by atoms with E-state index in [1.54, 1.807) is 23.2 Å². The van der Waals surface area contributed by atoms with E-state index in [1.165, 1.54) is 0 Å². The van der Waals surface area contributed by atoms with Gasteiger partial charge in [0.1, 0.15) is 5.69 Å². The summed E-state index contributed by atoms with van der Waals surface area (Å²) in [6.07, 6.45) is 2.23. The Bertz CT molecular complexity index is 487. The highest BCUT2D eigenvalue weighted by Crippen LogP contribution is 2.13. The fraction of sp³-hybridized carbons (Fsp3) is 0.533. The zero-order chi connectivity index (χ0) is 15.8. The molecule has 1 rings (SSSR count). The number of aromatic nitrogens is 1. The van der Waals surface area contributed by atoms with Crippen LogP contribution >= 0.6 is 0 Å². The number of carbonyl (C=O) groups is 2. The van der Waals surface area contributed by atoms with Gasteiger partial charge in [0.15, 0.2) is 0 Å². The van der Waals surface area contributed by atoms with Crippen molar-refractivity contribution in [2.24, 2.45) is 0 Å². The second-order valence-electron chi connectivity index (χ2n) is 4.88. The highest BCUT2D eigenvalue weighted by Gasteiger charge is 2.14. The molecule has 6 heteroatoms. The fourth-order valence-corrected chi connectivity index (χ4v) is 2.01. The maximum Gasteiger partial charge on any atom is 0.303 e. The molecule has 2 N–H and O–H groups in total. The van der Waals surface area contributed by atoms with Crippen LogP contribution < -0.4 is 5.32 Å². The van der Waals surface area contributed by atoms with Crippen LogP contribution in [0.15, 0.2) is 18.3 Å². The summed E-state index contributed by atoms with van der Waals surface area (Å²) in [5.41, 5.74) is 1.17. The smallest absolute Gasteiger partial charge is 0.303 e. The lowest BCUT2D eigenvalue weighted by Gasteiger charge is -2.19. The first kappa shape index (κ1) is 16.9. The average Bonchev–Trinajstić information content (AvgIpc) is 2.46. The summed E-state index contributed by atoms with van der Waals surface area (Å²) < 4.78 is 0. The van der Waals surface area contributed by atoms with Crippen molar-refractivity contribution in [2.45, 2.75) is 39.7 Å². The molecule has 1 aromatic rings. The Kier molecular flexibility index (Phi) is 6.65. The van der Waals surface area contributed by atoms with Gasteiger partial charge in [0.25, 0.3) is 5.91 Å². The van der Waals surface area contributed by atoms with Crippen LogP contribution in [0.4, 0.5) is 5.69 Å². The summed E-state index contributed by atoms with van der Waals surface area (Å²) in [7, 11) is 0. The molecule has 6 nitrogen and oxygen atoms in total. The SMILES string of the molecule is CCN(CC)C(=O)c1cc(NC(C)CCC(=O)O)ccn1. The predicted octanol–water partition coefficient (Wildman–Crippen LogP) is 2.23. The molecule has 0 aliphatic carbocycles. The van der Waals surface area contributed by atoms with Gasteiger partial charge < -0.3 is 15.3 Å². The Morgan fingerprint density at radius 1 is 1.38 bits per heavy atom. The van der Waals surface area contributed by atoms with Crippen molar-refractivity contribution in [1.82, 2.24) is 9.88 Å². The lowest BCUT2D eigenvalue weighted by Crippen LogP contribution is -2.31. The number of nitrogens with one attached hydrogen (secondary N) is 1. The minimum atomic E-state index is -0.809. The number of carboxylic acid groups (broad SMARTS) is 1. The zero-order valence-electron chi connectivity index (χ0n) is 12.8. The second-order valence-corrected chi connectivity index (χ2v) is 4.88. The van der Waals surface area contributed by atoms with Gasteiger partial charge in [0.2, 0.25) is 0 Å². The third-order valence-electron chi connectivity index (χ3n) is 3.23. The average molecular weight is 293 g/mol. The van der Waals surface area contributed by atoms with E-state index in [0.717, 1.165) is 5.69 Å². The quantitative estimate of drug-likeness (QED) is 0.768. The van der Waals surface area contributed by atoms with E-state index in [1.807, 2.05) is 20.8 Å². The normalized spacial score (nSPS) is 11.8. The number of hydrogen-bond acceptors (Lipinski definition) is 4. The first-order valence-electron chi connectivity index (χ1n) is 7.21. The number of pyridine rings is 1. The summed E-state index contributed by atoms with van der Waals surface area (Å²) in [5, 5.41) is 11.9. The standard InChI is InChI=1S/C15H23N3O3/c1-4-18(5-2)15(21)13-10-12(8-9-16-13)17-11(3)6-7-14(19)20/h8-11H,4-7H2,1-3H3,(H,16,17)(H,19,20). The number of rotatable bonds is 8. The third kappa shape index (κ3) is 5.41. The van der Waals surface area contributed by atoms with Gasteiger partial charge in [0, 0.05) is 37.4 Å². The second kappa shape index (κ2) is 8.24. The van der Waals surface area contributed by atoms with Crippen molar-refractivity contribution in [3.8, 4) is 0 Å². The van der Waals surface area contributed by atoms with Gasteiger partial charge in [0.05, 0.1) is 0 Å². The van der Waals surface area contributed by atoms with Crippen LogP contribution in [0.2, 0.25) is 0 Å². The van der Waals surface area contributed by atoms with E-state index >= 15 is 0 Å². The van der Waals surface area contributed by atoms with Crippen LogP contribution in [0.25, 0.3) is 0 Å². The van der Waals surface area contributed by atoms with E-state index in [0.29, 0.717) is 25.2 Å². The predicted molar refractivity (Wildman–Crippen MR) is 81.4 cm³/mol. The van der Waals surface area contributed by atoms with Crippen LogP contribution in [0.1, 0.15) is 44.1 Å². The van der Waals surface area contributed by atoms with Crippen molar-refractivity contribution in [2.75, 3.05) is 18.4 Å². The molecule has 1 heterocycles. The number of aliphatic carboxylic acids is 1.